The summed E-state index contributed by atoms with van der Waals surface area (Å²) >= 11 is 8.00. The third-order valence-electron chi connectivity index (χ3n) is 2.23. The number of ketones is 1. The van der Waals surface area contributed by atoms with Crippen molar-refractivity contribution in [2.45, 2.75) is 0 Å². The fourth-order valence-corrected chi connectivity index (χ4v) is 2.16. The van der Waals surface area contributed by atoms with Crippen LogP contribution in [0.2, 0.25) is 5.02 Å². The van der Waals surface area contributed by atoms with Crippen LogP contribution in [0, 0.1) is 3.57 Å². The molecular weight excluding hydrogens is 338 g/mol. The Hall–Kier alpha value is -0.880. The van der Waals surface area contributed by atoms with Gasteiger partial charge in [0.05, 0.1) is 0 Å². The average Bonchev–Trinajstić information content (AvgIpc) is 2.67. The first-order valence-corrected chi connectivity index (χ1v) is 6.03. The third-order valence-corrected chi connectivity index (χ3v) is 3.40. The van der Waals surface area contributed by atoms with Gasteiger partial charge in [-0.25, -0.2) is 0 Å². The van der Waals surface area contributed by atoms with Crippen LogP contribution in [0.25, 0.3) is 0 Å². The van der Waals surface area contributed by atoms with E-state index >= 15 is 0 Å². The Labute approximate surface area is 112 Å². The molecule has 0 unspecified atom stereocenters. The molecule has 82 valence electrons. The number of rotatable bonds is 2. The highest BCUT2D eigenvalue weighted by Gasteiger charge is 2.15. The molecule has 0 N–H and O–H groups in total. The number of hydrogen-bond acceptors (Lipinski definition) is 2. The van der Waals surface area contributed by atoms with E-state index in [1.807, 2.05) is 6.07 Å². The maximum absolute atomic E-state index is 12.2. The van der Waals surface area contributed by atoms with Crippen LogP contribution in [0.3, 0.4) is 0 Å². The minimum absolute atomic E-state index is 0.0631. The molecule has 0 fully saturated rings. The van der Waals surface area contributed by atoms with Crippen LogP contribution in [-0.2, 0) is 7.05 Å². The molecule has 0 aliphatic rings. The van der Waals surface area contributed by atoms with Crippen LogP contribution < -0.4 is 0 Å². The highest BCUT2D eigenvalue weighted by Crippen LogP contribution is 2.20. The number of carbonyl (C=O) groups is 1. The molecule has 16 heavy (non-hydrogen) atoms. The lowest BCUT2D eigenvalue weighted by molar-refractivity contribution is 0.102. The lowest BCUT2D eigenvalue weighted by atomic mass is 10.1. The van der Waals surface area contributed by atoms with Crippen molar-refractivity contribution in [2.24, 2.45) is 7.05 Å². The molecule has 0 amide bonds. The zero-order chi connectivity index (χ0) is 11.7. The maximum Gasteiger partial charge on any atom is 0.212 e. The van der Waals surface area contributed by atoms with E-state index < -0.39 is 0 Å². The lowest BCUT2D eigenvalue weighted by Crippen LogP contribution is -2.09. The molecule has 1 heterocycles. The number of aryl methyl sites for hydroxylation is 1. The number of carbonyl (C=O) groups excluding carboxylic acids is 1. The Morgan fingerprint density at radius 1 is 1.44 bits per heavy atom. The normalized spacial score (nSPS) is 10.4. The lowest BCUT2D eigenvalue weighted by Gasteiger charge is -2.04. The Bertz CT molecular complexity index is 551. The fraction of sp³-hybridized carbons (Fsp3) is 0.0909. The van der Waals surface area contributed by atoms with Crippen LogP contribution in [0.5, 0.6) is 0 Å². The number of halogens is 2. The molecule has 0 spiro atoms. The molecule has 2 aromatic rings. The van der Waals surface area contributed by atoms with Gasteiger partial charge in [0.25, 0.3) is 0 Å². The van der Waals surface area contributed by atoms with Crippen LogP contribution >= 0.6 is 34.2 Å². The zero-order valence-corrected chi connectivity index (χ0v) is 11.4. The van der Waals surface area contributed by atoms with Crippen molar-refractivity contribution in [1.29, 1.82) is 0 Å². The number of benzene rings is 1. The van der Waals surface area contributed by atoms with E-state index in [0.717, 1.165) is 3.57 Å². The Morgan fingerprint density at radius 2 is 2.19 bits per heavy atom. The molecule has 0 saturated heterocycles. The second-order valence-electron chi connectivity index (χ2n) is 3.29. The number of aromatic nitrogens is 2. The zero-order valence-electron chi connectivity index (χ0n) is 8.45. The van der Waals surface area contributed by atoms with Gasteiger partial charge in [0, 0.05) is 27.4 Å². The van der Waals surface area contributed by atoms with Crippen LogP contribution in [0.15, 0.2) is 30.5 Å². The molecule has 1 aromatic heterocycles. The molecular formula is C11H8ClIN2O. The van der Waals surface area contributed by atoms with Gasteiger partial charge in [-0.2, -0.15) is 5.10 Å². The van der Waals surface area contributed by atoms with Crippen molar-refractivity contribution in [3.63, 3.8) is 0 Å². The van der Waals surface area contributed by atoms with Crippen molar-refractivity contribution >= 4 is 40.0 Å². The Kier molecular flexibility index (Phi) is 3.30. The summed E-state index contributed by atoms with van der Waals surface area (Å²) in [6.45, 7) is 0. The van der Waals surface area contributed by atoms with Gasteiger partial charge in [-0.15, -0.1) is 0 Å². The van der Waals surface area contributed by atoms with Crippen molar-refractivity contribution in [3.8, 4) is 0 Å². The van der Waals surface area contributed by atoms with E-state index in [1.54, 1.807) is 36.1 Å². The maximum atomic E-state index is 12.2. The topological polar surface area (TPSA) is 34.9 Å². The summed E-state index contributed by atoms with van der Waals surface area (Å²) in [5.74, 6) is -0.0631. The highest BCUT2D eigenvalue weighted by molar-refractivity contribution is 14.1. The molecule has 1 aromatic carbocycles. The second kappa shape index (κ2) is 4.55. The first-order chi connectivity index (χ1) is 7.59. The summed E-state index contributed by atoms with van der Waals surface area (Å²) in [6.07, 6.45) is 1.60. The van der Waals surface area contributed by atoms with Gasteiger partial charge in [0.2, 0.25) is 5.78 Å². The van der Waals surface area contributed by atoms with Gasteiger partial charge in [0.15, 0.2) is 0 Å². The van der Waals surface area contributed by atoms with Crippen molar-refractivity contribution in [3.05, 3.63) is 50.3 Å². The van der Waals surface area contributed by atoms with Gasteiger partial charge >= 0.3 is 0 Å². The van der Waals surface area contributed by atoms with Crippen LogP contribution in [-0.4, -0.2) is 15.6 Å². The monoisotopic (exact) mass is 346 g/mol. The Morgan fingerprint density at radius 3 is 2.81 bits per heavy atom. The predicted octanol–water partition coefficient (Wildman–Crippen LogP) is 2.91. The largest absolute Gasteiger partial charge is 0.287 e. The Balaban J connectivity index is 2.49. The quantitative estimate of drug-likeness (QED) is 0.619. The molecule has 0 bridgehead atoms. The van der Waals surface area contributed by atoms with Gasteiger partial charge < -0.3 is 0 Å². The van der Waals surface area contributed by atoms with E-state index in [-0.39, 0.29) is 5.78 Å². The summed E-state index contributed by atoms with van der Waals surface area (Å²) in [6, 6.07) is 6.97. The van der Waals surface area contributed by atoms with Gasteiger partial charge in [-0.1, -0.05) is 11.6 Å². The van der Waals surface area contributed by atoms with Crippen molar-refractivity contribution in [1.82, 2.24) is 9.78 Å². The average molecular weight is 347 g/mol. The van der Waals surface area contributed by atoms with Crippen LogP contribution in [0.1, 0.15) is 16.1 Å². The van der Waals surface area contributed by atoms with E-state index in [9.17, 15) is 4.79 Å². The summed E-state index contributed by atoms with van der Waals surface area (Å²) in [4.78, 5) is 12.2. The SMILES string of the molecule is Cn1nccc1C(=O)c1cc(Cl)ccc1I. The van der Waals surface area contributed by atoms with E-state index in [4.69, 9.17) is 11.6 Å². The molecule has 5 heteroatoms. The van der Waals surface area contributed by atoms with Gasteiger partial charge in [-0.05, 0) is 46.9 Å². The minimum atomic E-state index is -0.0631. The summed E-state index contributed by atoms with van der Waals surface area (Å²) in [5.41, 5.74) is 1.16. The van der Waals surface area contributed by atoms with Crippen molar-refractivity contribution < 1.29 is 4.79 Å². The standard InChI is InChI=1S/C11H8ClIN2O/c1-15-10(4-5-14-15)11(16)8-6-7(12)2-3-9(8)13/h2-6H,1H3. The summed E-state index contributed by atoms with van der Waals surface area (Å²) in [7, 11) is 1.74. The summed E-state index contributed by atoms with van der Waals surface area (Å²) < 4.78 is 2.44. The molecule has 0 aliphatic carbocycles. The predicted molar refractivity (Wildman–Crippen MR) is 70.8 cm³/mol. The molecule has 0 radical (unpaired) electrons. The smallest absolute Gasteiger partial charge is 0.212 e. The molecule has 0 aliphatic heterocycles. The molecule has 3 nitrogen and oxygen atoms in total. The van der Waals surface area contributed by atoms with Gasteiger partial charge in [-0.3, -0.25) is 9.48 Å². The molecule has 0 atom stereocenters. The van der Waals surface area contributed by atoms with E-state index in [2.05, 4.69) is 27.7 Å². The number of hydrogen-bond donors (Lipinski definition) is 0. The minimum Gasteiger partial charge on any atom is -0.287 e. The third kappa shape index (κ3) is 2.12. The fourth-order valence-electron chi connectivity index (χ4n) is 1.41. The summed E-state index contributed by atoms with van der Waals surface area (Å²) in [5, 5.41) is 4.54. The van der Waals surface area contributed by atoms with Gasteiger partial charge in [0.1, 0.15) is 5.69 Å². The first kappa shape index (κ1) is 11.6. The second-order valence-corrected chi connectivity index (χ2v) is 4.89. The number of nitrogens with zero attached hydrogens (tertiary/aromatic N) is 2. The van der Waals surface area contributed by atoms with Crippen molar-refractivity contribution in [2.75, 3.05) is 0 Å². The highest BCUT2D eigenvalue weighted by atomic mass is 127. The first-order valence-electron chi connectivity index (χ1n) is 4.57. The van der Waals surface area contributed by atoms with E-state index in [0.29, 0.717) is 16.3 Å². The van der Waals surface area contributed by atoms with E-state index in [1.165, 1.54) is 0 Å². The molecule has 0 saturated carbocycles. The van der Waals surface area contributed by atoms with Crippen LogP contribution in [0.4, 0.5) is 0 Å². The molecule has 2 rings (SSSR count).